The van der Waals surface area contributed by atoms with Gasteiger partial charge in [0, 0.05) is 28.8 Å². The van der Waals surface area contributed by atoms with Crippen molar-refractivity contribution in [1.82, 2.24) is 15.3 Å². The second-order valence-corrected chi connectivity index (χ2v) is 7.92. The minimum Gasteiger partial charge on any atom is -0.329 e. The van der Waals surface area contributed by atoms with Gasteiger partial charge in [-0.2, -0.15) is 0 Å². The quantitative estimate of drug-likeness (QED) is 0.667. The van der Waals surface area contributed by atoms with Crippen LogP contribution >= 0.6 is 19.1 Å². The number of rotatable bonds is 5. The van der Waals surface area contributed by atoms with Crippen molar-refractivity contribution in [3.05, 3.63) is 29.3 Å². The summed E-state index contributed by atoms with van der Waals surface area (Å²) in [4.78, 5) is 24.4. The number of urea groups is 1. The van der Waals surface area contributed by atoms with Gasteiger partial charge in [0.25, 0.3) is 0 Å². The molecule has 3 N–H and O–H groups in total. The highest BCUT2D eigenvalue weighted by molar-refractivity contribution is 7.95. The highest BCUT2D eigenvalue weighted by atomic mass is 35.5. The molecule has 2 fully saturated rings. The molecule has 134 valence electrons. The molecule has 2 bridgehead atoms. The smallest absolute Gasteiger partial charge is 0.319 e. The van der Waals surface area contributed by atoms with Crippen LogP contribution in [-0.2, 0) is 16.6 Å². The van der Waals surface area contributed by atoms with Crippen LogP contribution in [0.4, 0.5) is 10.5 Å². The molecule has 2 saturated heterocycles. The van der Waals surface area contributed by atoms with Crippen LogP contribution in [0, 0.1) is 0 Å². The number of nitrogens with one attached hydrogen (secondary N) is 3. The number of benzene rings is 1. The van der Waals surface area contributed by atoms with E-state index in [1.54, 1.807) is 28.9 Å². The first-order valence-corrected chi connectivity index (χ1v) is 10.5. The molecular formula is C16H20ClN4O2PS. The SMILES string of the molecule is O=C(NCC(=O)N(P=S)[C@H]1C[C@H]2CC[C@@H](C1)N2)Nc1cccc(Cl)c1. The molecule has 25 heavy (non-hydrogen) atoms. The number of carbonyl (C=O) groups is 2. The summed E-state index contributed by atoms with van der Waals surface area (Å²) in [6, 6.07) is 7.51. The Balaban J connectivity index is 1.50. The Kier molecular flexibility index (Phi) is 6.23. The monoisotopic (exact) mass is 398 g/mol. The zero-order valence-corrected chi connectivity index (χ0v) is 16.0. The van der Waals surface area contributed by atoms with Crippen molar-refractivity contribution in [3.8, 4) is 0 Å². The number of amides is 3. The van der Waals surface area contributed by atoms with Gasteiger partial charge in [0.05, 0.1) is 14.1 Å². The zero-order valence-electron chi connectivity index (χ0n) is 13.6. The molecular weight excluding hydrogens is 379 g/mol. The number of hydrogen-bond acceptors (Lipinski definition) is 4. The Labute approximate surface area is 158 Å². The Morgan fingerprint density at radius 3 is 2.68 bits per heavy atom. The molecule has 0 saturated carbocycles. The molecule has 1 aromatic rings. The molecule has 1 aromatic carbocycles. The summed E-state index contributed by atoms with van der Waals surface area (Å²) in [6.07, 6.45) is 4.19. The van der Waals surface area contributed by atoms with E-state index in [9.17, 15) is 9.59 Å². The van der Waals surface area contributed by atoms with Crippen molar-refractivity contribution in [1.29, 1.82) is 0 Å². The highest BCUT2D eigenvalue weighted by Gasteiger charge is 2.37. The standard InChI is InChI=1S/C16H20ClN4O2PS/c17-10-2-1-3-11(6-10)20-16(23)18-9-15(22)21(24-25)14-7-12-4-5-13(8-14)19-12/h1-3,6,12-14,19H,4-5,7-9H2,(H2,18,20,23)/t12-,13+,14+. The summed E-state index contributed by atoms with van der Waals surface area (Å²) >= 11 is 11.0. The van der Waals surface area contributed by atoms with E-state index in [0.717, 1.165) is 25.7 Å². The maximum Gasteiger partial charge on any atom is 0.319 e. The minimum atomic E-state index is -0.443. The second kappa shape index (κ2) is 8.41. The van der Waals surface area contributed by atoms with E-state index < -0.39 is 6.03 Å². The van der Waals surface area contributed by atoms with Crippen molar-refractivity contribution < 1.29 is 9.59 Å². The topological polar surface area (TPSA) is 73.5 Å². The lowest BCUT2D eigenvalue weighted by atomic mass is 10.00. The van der Waals surface area contributed by atoms with Crippen molar-refractivity contribution >= 4 is 48.5 Å². The number of halogens is 1. The predicted molar refractivity (Wildman–Crippen MR) is 103 cm³/mol. The fourth-order valence-corrected chi connectivity index (χ4v) is 4.87. The predicted octanol–water partition coefficient (Wildman–Crippen LogP) is 2.90. The molecule has 3 amide bonds. The summed E-state index contributed by atoms with van der Waals surface area (Å²) in [5, 5.41) is 9.33. The van der Waals surface area contributed by atoms with Crippen molar-refractivity contribution in [2.45, 2.75) is 43.8 Å². The molecule has 6 nitrogen and oxygen atoms in total. The average Bonchev–Trinajstić information content (AvgIpc) is 2.92. The molecule has 2 aliphatic rings. The van der Waals surface area contributed by atoms with Gasteiger partial charge in [-0.3, -0.25) is 9.46 Å². The molecule has 3 rings (SSSR count). The van der Waals surface area contributed by atoms with Gasteiger partial charge in [0.1, 0.15) is 0 Å². The van der Waals surface area contributed by atoms with Crippen LogP contribution in [0.5, 0.6) is 0 Å². The minimum absolute atomic E-state index is 0.0741. The lowest BCUT2D eigenvalue weighted by molar-refractivity contribution is -0.127. The normalized spacial score (nSPS) is 24.8. The van der Waals surface area contributed by atoms with E-state index >= 15 is 0 Å². The Hall–Kier alpha value is -1.27. The Morgan fingerprint density at radius 2 is 2.04 bits per heavy atom. The number of anilines is 1. The summed E-state index contributed by atoms with van der Waals surface area (Å²) in [7, 11) is 0.508. The van der Waals surface area contributed by atoms with E-state index in [2.05, 4.69) is 16.0 Å². The van der Waals surface area contributed by atoms with Crippen molar-refractivity contribution in [2.75, 3.05) is 11.9 Å². The zero-order chi connectivity index (χ0) is 17.8. The molecule has 0 aliphatic carbocycles. The fraction of sp³-hybridized carbons (Fsp3) is 0.500. The number of nitrogens with zero attached hydrogens (tertiary/aromatic N) is 1. The fourth-order valence-electron chi connectivity index (χ4n) is 3.52. The number of piperidine rings is 1. The van der Waals surface area contributed by atoms with Gasteiger partial charge in [-0.1, -0.05) is 17.7 Å². The van der Waals surface area contributed by atoms with Gasteiger partial charge in [-0.15, -0.1) is 0 Å². The first-order valence-electron chi connectivity index (χ1n) is 8.27. The van der Waals surface area contributed by atoms with Crippen LogP contribution in [0.15, 0.2) is 24.3 Å². The molecule has 0 unspecified atom stereocenters. The summed E-state index contributed by atoms with van der Waals surface area (Å²) in [6.45, 7) is -0.0741. The summed E-state index contributed by atoms with van der Waals surface area (Å²) < 4.78 is 1.70. The molecule has 0 spiro atoms. The maximum absolute atomic E-state index is 12.5. The Morgan fingerprint density at radius 1 is 1.32 bits per heavy atom. The van der Waals surface area contributed by atoms with Crippen LogP contribution in [-0.4, -0.2) is 41.3 Å². The van der Waals surface area contributed by atoms with E-state index in [0.29, 0.717) is 30.3 Å². The first kappa shape index (κ1) is 18.5. The van der Waals surface area contributed by atoms with Crippen LogP contribution in [0.25, 0.3) is 0 Å². The van der Waals surface area contributed by atoms with Gasteiger partial charge in [-0.25, -0.2) is 4.79 Å². The average molecular weight is 399 g/mol. The number of fused-ring (bicyclic) bond motifs is 2. The summed E-state index contributed by atoms with van der Waals surface area (Å²) in [5.41, 5.74) is 0.575. The number of hydrogen-bond donors (Lipinski definition) is 3. The van der Waals surface area contributed by atoms with E-state index in [-0.39, 0.29) is 18.5 Å². The third kappa shape index (κ3) is 4.88. The second-order valence-electron chi connectivity index (χ2n) is 6.40. The first-order chi connectivity index (χ1) is 12.0. The largest absolute Gasteiger partial charge is 0.329 e. The van der Waals surface area contributed by atoms with Crippen molar-refractivity contribution in [3.63, 3.8) is 0 Å². The van der Waals surface area contributed by atoms with E-state index in [1.807, 2.05) is 0 Å². The summed E-state index contributed by atoms with van der Waals surface area (Å²) in [5.74, 6) is -0.149. The van der Waals surface area contributed by atoms with Gasteiger partial charge < -0.3 is 16.0 Å². The van der Waals surface area contributed by atoms with Gasteiger partial charge in [0.2, 0.25) is 5.91 Å². The molecule has 9 heteroatoms. The lowest BCUT2D eigenvalue weighted by Gasteiger charge is -2.34. The van der Waals surface area contributed by atoms with Crippen LogP contribution in [0.2, 0.25) is 5.02 Å². The van der Waals surface area contributed by atoms with E-state index in [4.69, 9.17) is 23.4 Å². The van der Waals surface area contributed by atoms with Crippen LogP contribution in [0.3, 0.4) is 0 Å². The van der Waals surface area contributed by atoms with Crippen molar-refractivity contribution in [2.24, 2.45) is 0 Å². The highest BCUT2D eigenvalue weighted by Crippen LogP contribution is 2.32. The molecule has 3 atom stereocenters. The van der Waals surface area contributed by atoms with E-state index in [1.165, 1.54) is 0 Å². The third-order valence-electron chi connectivity index (χ3n) is 4.62. The molecule has 0 aromatic heterocycles. The van der Waals surface area contributed by atoms with Gasteiger partial charge in [-0.05, 0) is 55.7 Å². The van der Waals surface area contributed by atoms with Gasteiger partial charge >= 0.3 is 6.03 Å². The van der Waals surface area contributed by atoms with Crippen LogP contribution < -0.4 is 16.0 Å². The maximum atomic E-state index is 12.5. The lowest BCUT2D eigenvalue weighted by Crippen LogP contribution is -2.49. The van der Waals surface area contributed by atoms with Gasteiger partial charge in [0.15, 0.2) is 0 Å². The van der Waals surface area contributed by atoms with Crippen LogP contribution in [0.1, 0.15) is 25.7 Å². The third-order valence-corrected chi connectivity index (χ3v) is 6.11. The number of carbonyl (C=O) groups excluding carboxylic acids is 2. The molecule has 0 radical (unpaired) electrons. The molecule has 2 heterocycles. The molecule has 2 aliphatic heterocycles. The Bertz CT molecular complexity index is 665.